The number of esters is 1. The number of aliphatic hydroxyl groups is 2. The Morgan fingerprint density at radius 3 is 2.21 bits per heavy atom. The van der Waals surface area contributed by atoms with Gasteiger partial charge in [-0.3, -0.25) is 28.8 Å². The van der Waals surface area contributed by atoms with Gasteiger partial charge in [-0.25, -0.2) is 0 Å². The first-order chi connectivity index (χ1) is 20.2. The SMILES string of the molecule is CC[C@H](C)[C@@H]1NC(=O)[C@@H]2CCCN2C(=O)[C@@H](CC(O)CO)OC(=O)CCNC(=O)[C@H](C)N(C)C(=O)C(C(C)C)N(C)C1=O. The van der Waals surface area contributed by atoms with Crippen molar-refractivity contribution in [3.05, 3.63) is 0 Å². The minimum Gasteiger partial charge on any atom is -0.452 e. The molecule has 0 aromatic carbocycles. The molecule has 2 aliphatic rings. The molecule has 43 heavy (non-hydrogen) atoms. The van der Waals surface area contributed by atoms with Gasteiger partial charge in [-0.2, -0.15) is 0 Å². The number of hydrogen-bond acceptors (Lipinski definition) is 9. The van der Waals surface area contributed by atoms with Gasteiger partial charge in [-0.15, -0.1) is 0 Å². The van der Waals surface area contributed by atoms with E-state index in [0.29, 0.717) is 19.3 Å². The van der Waals surface area contributed by atoms with Crippen molar-refractivity contribution < 1.29 is 43.7 Å². The van der Waals surface area contributed by atoms with E-state index in [-0.39, 0.29) is 31.3 Å². The van der Waals surface area contributed by atoms with Crippen LogP contribution in [0.5, 0.6) is 0 Å². The number of likely N-dealkylation sites (N-methyl/N-ethyl adjacent to an activating group) is 2. The normalized spacial score (nSPS) is 28.9. The van der Waals surface area contributed by atoms with Gasteiger partial charge >= 0.3 is 5.97 Å². The van der Waals surface area contributed by atoms with E-state index in [2.05, 4.69) is 10.6 Å². The van der Waals surface area contributed by atoms with E-state index < -0.39 is 84.9 Å². The summed E-state index contributed by atoms with van der Waals surface area (Å²) in [7, 11) is 2.96. The van der Waals surface area contributed by atoms with Crippen LogP contribution in [0.25, 0.3) is 0 Å². The Kier molecular flexibility index (Phi) is 13.4. The van der Waals surface area contributed by atoms with Crippen molar-refractivity contribution >= 4 is 35.5 Å². The summed E-state index contributed by atoms with van der Waals surface area (Å²) in [5.41, 5.74) is 0. The van der Waals surface area contributed by atoms with Crippen LogP contribution in [0.2, 0.25) is 0 Å². The van der Waals surface area contributed by atoms with Crippen LogP contribution in [0.4, 0.5) is 0 Å². The smallest absolute Gasteiger partial charge is 0.308 e. The Labute approximate surface area is 253 Å². The molecule has 5 amide bonds. The second kappa shape index (κ2) is 16.0. The molecule has 0 aromatic rings. The number of nitrogens with one attached hydrogen (secondary N) is 2. The average Bonchev–Trinajstić information content (AvgIpc) is 3.46. The van der Waals surface area contributed by atoms with E-state index in [1.165, 1.54) is 35.7 Å². The summed E-state index contributed by atoms with van der Waals surface area (Å²) in [6.07, 6.45) is -2.21. The second-order valence-corrected chi connectivity index (χ2v) is 11.9. The van der Waals surface area contributed by atoms with E-state index in [9.17, 15) is 39.0 Å². The zero-order chi connectivity index (χ0) is 32.6. The first-order valence-corrected chi connectivity index (χ1v) is 15.1. The van der Waals surface area contributed by atoms with Crippen LogP contribution in [-0.4, -0.2) is 131 Å². The number of aliphatic hydroxyl groups excluding tert-OH is 2. The molecular weight excluding hydrogens is 562 g/mol. The van der Waals surface area contributed by atoms with Gasteiger partial charge in [0.25, 0.3) is 5.91 Å². The first-order valence-electron chi connectivity index (χ1n) is 15.1. The zero-order valence-electron chi connectivity index (χ0n) is 26.4. The molecule has 2 unspecified atom stereocenters. The number of cyclic esters (lactones) is 1. The van der Waals surface area contributed by atoms with Crippen molar-refractivity contribution in [2.24, 2.45) is 11.8 Å². The molecule has 0 aliphatic carbocycles. The molecule has 0 aromatic heterocycles. The van der Waals surface area contributed by atoms with E-state index in [1.807, 2.05) is 6.92 Å². The maximum Gasteiger partial charge on any atom is 0.308 e. The lowest BCUT2D eigenvalue weighted by Gasteiger charge is -2.38. The van der Waals surface area contributed by atoms with Crippen LogP contribution >= 0.6 is 0 Å². The molecule has 4 N–H and O–H groups in total. The molecule has 2 saturated heterocycles. The predicted octanol–water partition coefficient (Wildman–Crippen LogP) is -0.987. The molecule has 0 radical (unpaired) electrons. The van der Waals surface area contributed by atoms with Gasteiger partial charge < -0.3 is 40.3 Å². The Morgan fingerprint density at radius 2 is 1.63 bits per heavy atom. The lowest BCUT2D eigenvalue weighted by atomic mass is 9.94. The largest absolute Gasteiger partial charge is 0.452 e. The Hall–Kier alpha value is -3.26. The van der Waals surface area contributed by atoms with E-state index in [4.69, 9.17) is 4.74 Å². The third-order valence-electron chi connectivity index (χ3n) is 8.45. The van der Waals surface area contributed by atoms with Gasteiger partial charge in [-0.1, -0.05) is 34.1 Å². The maximum atomic E-state index is 13.9. The molecule has 2 rings (SSSR count). The van der Waals surface area contributed by atoms with Crippen molar-refractivity contribution in [1.82, 2.24) is 25.3 Å². The summed E-state index contributed by atoms with van der Waals surface area (Å²) in [4.78, 5) is 84.1. The lowest BCUT2D eigenvalue weighted by Crippen LogP contribution is -2.60. The third kappa shape index (κ3) is 8.88. The van der Waals surface area contributed by atoms with Gasteiger partial charge in [-0.05, 0) is 31.6 Å². The molecule has 0 bridgehead atoms. The van der Waals surface area contributed by atoms with Crippen molar-refractivity contribution in [1.29, 1.82) is 0 Å². The fourth-order valence-electron chi connectivity index (χ4n) is 5.42. The van der Waals surface area contributed by atoms with Crippen molar-refractivity contribution in [2.45, 2.75) is 103 Å². The van der Waals surface area contributed by atoms with Gasteiger partial charge in [0, 0.05) is 33.6 Å². The minimum atomic E-state index is -1.48. The van der Waals surface area contributed by atoms with Crippen molar-refractivity contribution in [2.75, 3.05) is 33.8 Å². The number of nitrogens with zero attached hydrogens (tertiary/aromatic N) is 3. The molecule has 244 valence electrons. The topological polar surface area (TPSA) is 186 Å². The van der Waals surface area contributed by atoms with Gasteiger partial charge in [0.1, 0.15) is 24.2 Å². The fourth-order valence-corrected chi connectivity index (χ4v) is 5.42. The van der Waals surface area contributed by atoms with E-state index in [1.54, 1.807) is 20.8 Å². The molecular formula is C29H49N5O9. The van der Waals surface area contributed by atoms with Crippen LogP contribution in [0, 0.1) is 11.8 Å². The number of hydrogen-bond donors (Lipinski definition) is 4. The lowest BCUT2D eigenvalue weighted by molar-refractivity contribution is -0.163. The van der Waals surface area contributed by atoms with Crippen molar-refractivity contribution in [3.63, 3.8) is 0 Å². The summed E-state index contributed by atoms with van der Waals surface area (Å²) >= 11 is 0. The van der Waals surface area contributed by atoms with Gasteiger partial charge in [0.2, 0.25) is 23.6 Å². The molecule has 0 spiro atoms. The zero-order valence-corrected chi connectivity index (χ0v) is 26.4. The maximum absolute atomic E-state index is 13.9. The molecule has 2 fully saturated rings. The quantitative estimate of drug-likeness (QED) is 0.274. The number of ether oxygens (including phenoxy) is 1. The summed E-state index contributed by atoms with van der Waals surface area (Å²) in [5, 5.41) is 24.8. The average molecular weight is 612 g/mol. The molecule has 7 atom stereocenters. The number of carbonyl (C=O) groups is 6. The van der Waals surface area contributed by atoms with Gasteiger partial charge in [0.05, 0.1) is 19.1 Å². The highest BCUT2D eigenvalue weighted by Gasteiger charge is 2.43. The summed E-state index contributed by atoms with van der Waals surface area (Å²) in [6.45, 7) is 8.14. The Balaban J connectivity index is 2.54. The summed E-state index contributed by atoms with van der Waals surface area (Å²) < 4.78 is 5.38. The Morgan fingerprint density at radius 1 is 0.977 bits per heavy atom. The van der Waals surface area contributed by atoms with E-state index >= 15 is 0 Å². The molecule has 14 nitrogen and oxygen atoms in total. The predicted molar refractivity (Wildman–Crippen MR) is 155 cm³/mol. The standard InChI is InChI=1S/C29H49N5O9/c1-8-17(4)23-28(41)33(7)24(16(2)3)29(42)32(6)18(5)25(38)30-12-11-22(37)43-21(14-19(36)15-35)27(40)34-13-9-10-20(34)26(39)31-23/h16-21,23-24,35-36H,8-15H2,1-7H3,(H,30,38)(H,31,39)/t17-,18-,19?,20-,21+,23-,24?/m0/s1. The van der Waals surface area contributed by atoms with Crippen molar-refractivity contribution in [3.8, 4) is 0 Å². The van der Waals surface area contributed by atoms with Gasteiger partial charge in [0.15, 0.2) is 6.10 Å². The van der Waals surface area contributed by atoms with Crippen LogP contribution in [0.15, 0.2) is 0 Å². The molecule has 14 heteroatoms. The monoisotopic (exact) mass is 611 g/mol. The molecule has 2 heterocycles. The number of amides is 5. The number of fused-ring (bicyclic) bond motifs is 1. The molecule has 0 saturated carbocycles. The van der Waals surface area contributed by atoms with E-state index in [0.717, 1.165) is 0 Å². The first kappa shape index (κ1) is 35.9. The second-order valence-electron chi connectivity index (χ2n) is 11.9. The van der Waals surface area contributed by atoms with Crippen LogP contribution in [0.3, 0.4) is 0 Å². The minimum absolute atomic E-state index is 0.148. The third-order valence-corrected chi connectivity index (χ3v) is 8.45. The summed E-state index contributed by atoms with van der Waals surface area (Å²) in [6, 6.07) is -3.84. The van der Waals surface area contributed by atoms with Crippen LogP contribution in [-0.2, 0) is 33.5 Å². The highest BCUT2D eigenvalue weighted by molar-refractivity contribution is 5.96. The highest BCUT2D eigenvalue weighted by atomic mass is 16.5. The fraction of sp³-hybridized carbons (Fsp3) is 0.793. The van der Waals surface area contributed by atoms with Crippen LogP contribution < -0.4 is 10.6 Å². The summed E-state index contributed by atoms with van der Waals surface area (Å²) in [5.74, 6) is -4.22. The van der Waals surface area contributed by atoms with Crippen LogP contribution in [0.1, 0.15) is 66.7 Å². The Bertz CT molecular complexity index is 1040. The highest BCUT2D eigenvalue weighted by Crippen LogP contribution is 2.23. The number of rotatable bonds is 6. The number of carbonyl (C=O) groups excluding carboxylic acids is 6. The molecule has 2 aliphatic heterocycles.